The first kappa shape index (κ1) is 10.7. The van der Waals surface area contributed by atoms with Crippen molar-refractivity contribution >= 4 is 11.3 Å². The lowest BCUT2D eigenvalue weighted by atomic mass is 10.1. The Morgan fingerprint density at radius 2 is 2.15 bits per heavy atom. The summed E-state index contributed by atoms with van der Waals surface area (Å²) in [5, 5.41) is 0. The zero-order valence-electron chi connectivity index (χ0n) is 8.46. The summed E-state index contributed by atoms with van der Waals surface area (Å²) in [7, 11) is 0. The monoisotopic (exact) mass is 199 g/mol. The van der Waals surface area contributed by atoms with Gasteiger partial charge in [0.1, 0.15) is 5.60 Å². The van der Waals surface area contributed by atoms with Crippen LogP contribution >= 0.6 is 11.3 Å². The Labute approximate surface area is 83.7 Å². The van der Waals surface area contributed by atoms with Gasteiger partial charge < -0.3 is 0 Å². The molecule has 74 valence electrons. The quantitative estimate of drug-likeness (QED) is 0.757. The summed E-state index contributed by atoms with van der Waals surface area (Å²) < 4.78 is 0. The van der Waals surface area contributed by atoms with Gasteiger partial charge >= 0.3 is 0 Å². The fourth-order valence-corrected chi connectivity index (χ4v) is 2.30. The van der Waals surface area contributed by atoms with E-state index in [-0.39, 0.29) is 5.60 Å². The van der Waals surface area contributed by atoms with Crippen molar-refractivity contribution in [1.82, 2.24) is 0 Å². The minimum Gasteiger partial charge on any atom is -0.293 e. The number of thiophene rings is 1. The molecule has 0 fully saturated rings. The van der Waals surface area contributed by atoms with Crippen molar-refractivity contribution in [3.63, 3.8) is 0 Å². The zero-order chi connectivity index (χ0) is 9.90. The molecule has 0 unspecified atom stereocenters. The molecule has 1 heterocycles. The van der Waals surface area contributed by atoms with Gasteiger partial charge in [0.2, 0.25) is 0 Å². The minimum absolute atomic E-state index is 0.351. The van der Waals surface area contributed by atoms with Crippen LogP contribution < -0.4 is 5.90 Å². The Morgan fingerprint density at radius 1 is 1.46 bits per heavy atom. The lowest BCUT2D eigenvalue weighted by Crippen LogP contribution is -2.23. The van der Waals surface area contributed by atoms with Crippen LogP contribution in [0.4, 0.5) is 0 Å². The van der Waals surface area contributed by atoms with Gasteiger partial charge in [0.25, 0.3) is 0 Å². The van der Waals surface area contributed by atoms with Crippen LogP contribution in [0.3, 0.4) is 0 Å². The molecule has 0 aromatic carbocycles. The smallest absolute Gasteiger partial charge is 0.118 e. The van der Waals surface area contributed by atoms with E-state index < -0.39 is 0 Å². The second-order valence-corrected chi connectivity index (χ2v) is 4.81. The molecule has 0 aliphatic heterocycles. The molecule has 3 heteroatoms. The Morgan fingerprint density at radius 3 is 2.69 bits per heavy atom. The van der Waals surface area contributed by atoms with Crippen molar-refractivity contribution in [2.75, 3.05) is 0 Å². The van der Waals surface area contributed by atoms with Crippen LogP contribution in [-0.2, 0) is 16.9 Å². The van der Waals surface area contributed by atoms with E-state index in [1.807, 2.05) is 13.8 Å². The molecule has 0 amide bonds. The Balaban J connectivity index is 2.79. The normalized spacial score (nSPS) is 12.0. The van der Waals surface area contributed by atoms with Crippen LogP contribution in [0.25, 0.3) is 0 Å². The van der Waals surface area contributed by atoms with Crippen molar-refractivity contribution in [2.24, 2.45) is 5.90 Å². The average molecular weight is 199 g/mol. The maximum Gasteiger partial charge on any atom is 0.118 e. The summed E-state index contributed by atoms with van der Waals surface area (Å²) >= 11 is 1.78. The predicted octanol–water partition coefficient (Wildman–Crippen LogP) is 2.83. The van der Waals surface area contributed by atoms with Crippen molar-refractivity contribution < 1.29 is 4.84 Å². The van der Waals surface area contributed by atoms with E-state index in [0.29, 0.717) is 0 Å². The molecule has 13 heavy (non-hydrogen) atoms. The van der Waals surface area contributed by atoms with Crippen molar-refractivity contribution in [3.8, 4) is 0 Å². The van der Waals surface area contributed by atoms with Crippen LogP contribution in [0.15, 0.2) is 12.1 Å². The second kappa shape index (κ2) is 4.22. The third-order valence-corrected chi connectivity index (χ3v) is 3.50. The molecule has 1 rings (SSSR count). The van der Waals surface area contributed by atoms with E-state index in [9.17, 15) is 0 Å². The number of hydrogen-bond donors (Lipinski definition) is 1. The van der Waals surface area contributed by atoms with Gasteiger partial charge in [0.15, 0.2) is 0 Å². The zero-order valence-corrected chi connectivity index (χ0v) is 9.28. The van der Waals surface area contributed by atoms with Gasteiger partial charge in [-0.15, -0.1) is 11.3 Å². The van der Waals surface area contributed by atoms with E-state index in [0.717, 1.165) is 6.42 Å². The first-order valence-corrected chi connectivity index (χ1v) is 5.39. The molecule has 0 aliphatic carbocycles. The van der Waals surface area contributed by atoms with Gasteiger partial charge in [0.05, 0.1) is 0 Å². The first-order chi connectivity index (χ1) is 6.10. The summed E-state index contributed by atoms with van der Waals surface area (Å²) in [6, 6.07) is 4.26. The number of hydrogen-bond acceptors (Lipinski definition) is 3. The third kappa shape index (κ3) is 2.53. The average Bonchev–Trinajstić information content (AvgIpc) is 2.54. The fourth-order valence-electron chi connectivity index (χ4n) is 1.14. The molecule has 2 N–H and O–H groups in total. The number of aryl methyl sites for hydroxylation is 1. The van der Waals surface area contributed by atoms with Crippen LogP contribution in [0.2, 0.25) is 0 Å². The lowest BCUT2D eigenvalue weighted by molar-refractivity contribution is -0.0208. The highest BCUT2D eigenvalue weighted by Crippen LogP contribution is 2.30. The number of nitrogens with two attached hydrogens (primary N) is 1. The highest BCUT2D eigenvalue weighted by molar-refractivity contribution is 7.12. The van der Waals surface area contributed by atoms with Gasteiger partial charge in [-0.1, -0.05) is 13.3 Å². The van der Waals surface area contributed by atoms with Crippen molar-refractivity contribution in [3.05, 3.63) is 21.9 Å². The highest BCUT2D eigenvalue weighted by Gasteiger charge is 2.22. The van der Waals surface area contributed by atoms with Crippen LogP contribution in [-0.4, -0.2) is 0 Å². The maximum atomic E-state index is 5.23. The van der Waals surface area contributed by atoms with Gasteiger partial charge in [-0.05, 0) is 32.4 Å². The Hall–Kier alpha value is -0.380. The van der Waals surface area contributed by atoms with Crippen molar-refractivity contribution in [1.29, 1.82) is 0 Å². The molecule has 0 aliphatic rings. The van der Waals surface area contributed by atoms with E-state index >= 15 is 0 Å². The van der Waals surface area contributed by atoms with Crippen LogP contribution in [0, 0.1) is 0 Å². The Kier molecular flexibility index (Phi) is 3.47. The second-order valence-electron chi connectivity index (χ2n) is 3.64. The topological polar surface area (TPSA) is 35.2 Å². The third-order valence-electron chi connectivity index (χ3n) is 2.05. The van der Waals surface area contributed by atoms with Gasteiger partial charge in [0, 0.05) is 9.75 Å². The fraction of sp³-hybridized carbons (Fsp3) is 0.600. The largest absolute Gasteiger partial charge is 0.293 e. The van der Waals surface area contributed by atoms with Crippen LogP contribution in [0.5, 0.6) is 0 Å². The molecule has 0 saturated carbocycles. The standard InChI is InChI=1S/C10H17NOS/c1-4-5-8-6-7-9(13-8)10(2,3)12-11/h6-7H,4-5,11H2,1-3H3. The van der Waals surface area contributed by atoms with E-state index in [1.165, 1.54) is 16.2 Å². The van der Waals surface area contributed by atoms with Gasteiger partial charge in [-0.3, -0.25) is 4.84 Å². The maximum absolute atomic E-state index is 5.23. The molecule has 1 aromatic heterocycles. The van der Waals surface area contributed by atoms with E-state index in [4.69, 9.17) is 10.7 Å². The number of rotatable bonds is 4. The molecule has 0 bridgehead atoms. The van der Waals surface area contributed by atoms with Gasteiger partial charge in [-0.2, -0.15) is 0 Å². The molecular weight excluding hydrogens is 182 g/mol. The Bertz CT molecular complexity index is 268. The summed E-state index contributed by atoms with van der Waals surface area (Å²) in [6.07, 6.45) is 2.33. The minimum atomic E-state index is -0.351. The van der Waals surface area contributed by atoms with Crippen molar-refractivity contribution in [2.45, 2.75) is 39.2 Å². The molecule has 0 radical (unpaired) electrons. The highest BCUT2D eigenvalue weighted by atomic mass is 32.1. The predicted molar refractivity (Wildman–Crippen MR) is 56.6 cm³/mol. The SMILES string of the molecule is CCCc1ccc(C(C)(C)ON)s1. The summed E-state index contributed by atoms with van der Waals surface area (Å²) in [4.78, 5) is 7.52. The van der Waals surface area contributed by atoms with Crippen LogP contribution in [0.1, 0.15) is 36.9 Å². The first-order valence-electron chi connectivity index (χ1n) is 4.57. The molecular formula is C10H17NOS. The summed E-state index contributed by atoms with van der Waals surface area (Å²) in [6.45, 7) is 6.15. The molecule has 1 aromatic rings. The summed E-state index contributed by atoms with van der Waals surface area (Å²) in [5.74, 6) is 5.23. The molecule has 0 atom stereocenters. The van der Waals surface area contributed by atoms with Gasteiger partial charge in [-0.25, -0.2) is 5.90 Å². The van der Waals surface area contributed by atoms with E-state index in [2.05, 4.69) is 19.1 Å². The molecule has 0 saturated heterocycles. The summed E-state index contributed by atoms with van der Waals surface area (Å²) in [5.41, 5.74) is -0.351. The lowest BCUT2D eigenvalue weighted by Gasteiger charge is -2.19. The molecule has 2 nitrogen and oxygen atoms in total. The molecule has 0 spiro atoms. The van der Waals surface area contributed by atoms with E-state index in [1.54, 1.807) is 11.3 Å².